The van der Waals surface area contributed by atoms with E-state index in [1.165, 1.54) is 6.92 Å². The Labute approximate surface area is 65.7 Å². The second-order valence-corrected chi connectivity index (χ2v) is 2.31. The van der Waals surface area contributed by atoms with E-state index in [1.54, 1.807) is 6.26 Å². The third kappa shape index (κ3) is 2.89. The molecular weight excluding hydrogens is 142 g/mol. The zero-order valence-corrected chi connectivity index (χ0v) is 6.46. The van der Waals surface area contributed by atoms with Crippen molar-refractivity contribution in [1.29, 1.82) is 0 Å². The molecule has 0 atom stereocenters. The molecule has 0 aromatic heterocycles. The van der Waals surface area contributed by atoms with Crippen LogP contribution in [0, 0.1) is 0 Å². The SMILES string of the molecule is CC(=O)NCC1=CCC=CO1. The third-order valence-electron chi connectivity index (χ3n) is 1.31. The molecule has 1 amide bonds. The summed E-state index contributed by atoms with van der Waals surface area (Å²) in [5.74, 6) is 0.770. The first-order valence-electron chi connectivity index (χ1n) is 3.54. The minimum atomic E-state index is -0.0379. The highest BCUT2D eigenvalue weighted by molar-refractivity contribution is 5.73. The van der Waals surface area contributed by atoms with Crippen LogP contribution in [0.25, 0.3) is 0 Å². The molecule has 0 fully saturated rings. The van der Waals surface area contributed by atoms with Gasteiger partial charge in [0.2, 0.25) is 5.91 Å². The number of carbonyl (C=O) groups is 1. The van der Waals surface area contributed by atoms with Gasteiger partial charge in [-0.1, -0.05) is 0 Å². The highest BCUT2D eigenvalue weighted by atomic mass is 16.5. The molecule has 0 radical (unpaired) electrons. The number of nitrogens with one attached hydrogen (secondary N) is 1. The van der Waals surface area contributed by atoms with E-state index >= 15 is 0 Å². The van der Waals surface area contributed by atoms with Crippen LogP contribution in [0.3, 0.4) is 0 Å². The van der Waals surface area contributed by atoms with E-state index in [-0.39, 0.29) is 5.91 Å². The van der Waals surface area contributed by atoms with E-state index in [0.29, 0.717) is 6.54 Å². The van der Waals surface area contributed by atoms with Crippen molar-refractivity contribution in [3.63, 3.8) is 0 Å². The molecule has 1 rings (SSSR count). The third-order valence-corrected chi connectivity index (χ3v) is 1.31. The molecule has 3 heteroatoms. The lowest BCUT2D eigenvalue weighted by Gasteiger charge is -2.09. The summed E-state index contributed by atoms with van der Waals surface area (Å²) in [6, 6.07) is 0. The molecule has 0 aromatic carbocycles. The molecule has 0 saturated carbocycles. The van der Waals surface area contributed by atoms with E-state index in [0.717, 1.165) is 12.2 Å². The predicted octanol–water partition coefficient (Wildman–Crippen LogP) is 0.940. The zero-order valence-electron chi connectivity index (χ0n) is 6.46. The van der Waals surface area contributed by atoms with Crippen molar-refractivity contribution in [2.75, 3.05) is 6.54 Å². The molecule has 0 aliphatic carbocycles. The second-order valence-electron chi connectivity index (χ2n) is 2.31. The summed E-state index contributed by atoms with van der Waals surface area (Å²) in [5.41, 5.74) is 0. The summed E-state index contributed by atoms with van der Waals surface area (Å²) in [5, 5.41) is 2.65. The standard InChI is InChI=1S/C8H11NO2/c1-7(10)9-6-8-4-2-3-5-11-8/h3-5H,2,6H2,1H3,(H,9,10). The number of ether oxygens (including phenoxy) is 1. The fourth-order valence-corrected chi connectivity index (χ4v) is 0.764. The molecule has 0 unspecified atom stereocenters. The Morgan fingerprint density at radius 3 is 3.18 bits per heavy atom. The van der Waals surface area contributed by atoms with Gasteiger partial charge < -0.3 is 10.1 Å². The minimum Gasteiger partial charge on any atom is -0.468 e. The lowest BCUT2D eigenvalue weighted by Crippen LogP contribution is -2.23. The van der Waals surface area contributed by atoms with Gasteiger partial charge in [-0.25, -0.2) is 0 Å². The van der Waals surface area contributed by atoms with Crippen LogP contribution in [0.15, 0.2) is 24.2 Å². The number of hydrogen-bond acceptors (Lipinski definition) is 2. The maximum absolute atomic E-state index is 10.5. The Balaban J connectivity index is 2.26. The van der Waals surface area contributed by atoms with Crippen LogP contribution in [0.1, 0.15) is 13.3 Å². The Morgan fingerprint density at radius 1 is 1.82 bits per heavy atom. The summed E-state index contributed by atoms with van der Waals surface area (Å²) in [7, 11) is 0. The zero-order chi connectivity index (χ0) is 8.10. The Morgan fingerprint density at radius 2 is 2.64 bits per heavy atom. The topological polar surface area (TPSA) is 38.3 Å². The maximum atomic E-state index is 10.5. The van der Waals surface area contributed by atoms with E-state index < -0.39 is 0 Å². The average Bonchev–Trinajstić information content (AvgIpc) is 2.03. The van der Waals surface area contributed by atoms with Gasteiger partial charge in [0.05, 0.1) is 12.8 Å². The van der Waals surface area contributed by atoms with Crippen LogP contribution in [-0.2, 0) is 9.53 Å². The average molecular weight is 153 g/mol. The largest absolute Gasteiger partial charge is 0.468 e. The summed E-state index contributed by atoms with van der Waals surface area (Å²) >= 11 is 0. The van der Waals surface area contributed by atoms with Crippen molar-refractivity contribution < 1.29 is 9.53 Å². The van der Waals surface area contributed by atoms with Crippen molar-refractivity contribution in [2.45, 2.75) is 13.3 Å². The van der Waals surface area contributed by atoms with Gasteiger partial charge in [-0.2, -0.15) is 0 Å². The van der Waals surface area contributed by atoms with Crippen molar-refractivity contribution in [3.05, 3.63) is 24.2 Å². The first-order valence-corrected chi connectivity index (χ1v) is 3.54. The molecule has 0 saturated heterocycles. The van der Waals surface area contributed by atoms with Crippen molar-refractivity contribution in [3.8, 4) is 0 Å². The van der Waals surface area contributed by atoms with Crippen LogP contribution in [-0.4, -0.2) is 12.5 Å². The molecule has 11 heavy (non-hydrogen) atoms. The Bertz CT molecular complexity index is 206. The number of rotatable bonds is 2. The highest BCUT2D eigenvalue weighted by Crippen LogP contribution is 2.05. The van der Waals surface area contributed by atoms with Gasteiger partial charge >= 0.3 is 0 Å². The number of carbonyl (C=O) groups excluding carboxylic acids is 1. The Hall–Kier alpha value is -1.25. The van der Waals surface area contributed by atoms with Crippen molar-refractivity contribution in [2.24, 2.45) is 0 Å². The molecule has 1 aliphatic heterocycles. The number of allylic oxidation sites excluding steroid dienone is 2. The lowest BCUT2D eigenvalue weighted by molar-refractivity contribution is -0.118. The van der Waals surface area contributed by atoms with Gasteiger partial charge in [-0.15, -0.1) is 0 Å². The van der Waals surface area contributed by atoms with Gasteiger partial charge in [0.1, 0.15) is 5.76 Å². The fraction of sp³-hybridized carbons (Fsp3) is 0.375. The molecule has 1 N–H and O–H groups in total. The molecule has 0 spiro atoms. The van der Waals surface area contributed by atoms with E-state index in [1.807, 2.05) is 12.2 Å². The summed E-state index contributed by atoms with van der Waals surface area (Å²) in [4.78, 5) is 10.5. The van der Waals surface area contributed by atoms with E-state index in [2.05, 4.69) is 5.32 Å². The number of hydrogen-bond donors (Lipinski definition) is 1. The Kier molecular flexibility index (Phi) is 2.72. The predicted molar refractivity (Wildman–Crippen MR) is 41.6 cm³/mol. The molecule has 60 valence electrons. The maximum Gasteiger partial charge on any atom is 0.217 e. The van der Waals surface area contributed by atoms with Gasteiger partial charge in [-0.05, 0) is 18.6 Å². The van der Waals surface area contributed by atoms with E-state index in [4.69, 9.17) is 4.74 Å². The van der Waals surface area contributed by atoms with Crippen LogP contribution >= 0.6 is 0 Å². The molecule has 1 aliphatic rings. The summed E-state index contributed by atoms with van der Waals surface area (Å²) < 4.78 is 5.09. The van der Waals surface area contributed by atoms with Crippen LogP contribution < -0.4 is 5.32 Å². The molecule has 3 nitrogen and oxygen atoms in total. The van der Waals surface area contributed by atoms with Crippen LogP contribution in [0.2, 0.25) is 0 Å². The van der Waals surface area contributed by atoms with Crippen LogP contribution in [0.5, 0.6) is 0 Å². The monoisotopic (exact) mass is 153 g/mol. The van der Waals surface area contributed by atoms with Gasteiger partial charge in [0.15, 0.2) is 0 Å². The molecule has 0 aromatic rings. The lowest BCUT2D eigenvalue weighted by atomic mass is 10.3. The first-order chi connectivity index (χ1) is 5.29. The molecule has 0 bridgehead atoms. The van der Waals surface area contributed by atoms with Gasteiger partial charge in [0, 0.05) is 6.92 Å². The van der Waals surface area contributed by atoms with Crippen molar-refractivity contribution in [1.82, 2.24) is 5.32 Å². The van der Waals surface area contributed by atoms with E-state index in [9.17, 15) is 4.79 Å². The fourth-order valence-electron chi connectivity index (χ4n) is 0.764. The molecular formula is C8H11NO2. The first kappa shape index (κ1) is 7.85. The van der Waals surface area contributed by atoms with Crippen molar-refractivity contribution >= 4 is 5.91 Å². The summed E-state index contributed by atoms with van der Waals surface area (Å²) in [6.45, 7) is 1.97. The van der Waals surface area contributed by atoms with Gasteiger partial charge in [0.25, 0.3) is 0 Å². The summed E-state index contributed by atoms with van der Waals surface area (Å²) in [6.07, 6.45) is 6.37. The molecule has 1 heterocycles. The van der Waals surface area contributed by atoms with Crippen LogP contribution in [0.4, 0.5) is 0 Å². The highest BCUT2D eigenvalue weighted by Gasteiger charge is 1.99. The quantitative estimate of drug-likeness (QED) is 0.641. The normalized spacial score (nSPS) is 15.2. The minimum absolute atomic E-state index is 0.0379. The second kappa shape index (κ2) is 3.81. The number of amides is 1. The van der Waals surface area contributed by atoms with Gasteiger partial charge in [-0.3, -0.25) is 4.79 Å². The smallest absolute Gasteiger partial charge is 0.217 e.